The number of carbonyl (C=O) groups is 1. The van der Waals surface area contributed by atoms with Gasteiger partial charge < -0.3 is 10.4 Å². The fourth-order valence-electron chi connectivity index (χ4n) is 1.14. The van der Waals surface area contributed by atoms with E-state index in [2.05, 4.69) is 15.5 Å². The molecule has 0 bridgehead atoms. The molecule has 84 valence electrons. The minimum absolute atomic E-state index is 0.0678. The Morgan fingerprint density at radius 1 is 1.73 bits per heavy atom. The second-order valence-corrected chi connectivity index (χ2v) is 3.81. The predicted molar refractivity (Wildman–Crippen MR) is 56.3 cm³/mol. The molecule has 0 radical (unpaired) electrons. The smallest absolute Gasteiger partial charge is 0.226 e. The quantitative estimate of drug-likeness (QED) is 0.641. The Morgan fingerprint density at radius 3 is 3.00 bits per heavy atom. The van der Waals surface area contributed by atoms with Gasteiger partial charge in [-0.3, -0.25) is 9.89 Å². The summed E-state index contributed by atoms with van der Waals surface area (Å²) in [6.07, 6.45) is 0.280. The highest BCUT2D eigenvalue weighted by molar-refractivity contribution is 5.78. The average molecular weight is 211 g/mol. The third-order valence-corrected chi connectivity index (χ3v) is 2.06. The molecule has 1 amide bonds. The molecule has 15 heavy (non-hydrogen) atoms. The molecule has 3 N–H and O–H groups in total. The SMILES string of the molecule is Cc1cc(CC(=O)NCC(C)CO)n[nH]1. The van der Waals surface area contributed by atoms with Crippen molar-refractivity contribution in [3.8, 4) is 0 Å². The van der Waals surface area contributed by atoms with Crippen molar-refractivity contribution in [2.75, 3.05) is 13.2 Å². The fraction of sp³-hybridized carbons (Fsp3) is 0.600. The Balaban J connectivity index is 2.30. The molecule has 0 saturated heterocycles. The van der Waals surface area contributed by atoms with Gasteiger partial charge in [0.2, 0.25) is 5.91 Å². The first-order chi connectivity index (χ1) is 7.11. The van der Waals surface area contributed by atoms with Crippen LogP contribution in [0.15, 0.2) is 6.07 Å². The lowest BCUT2D eigenvalue weighted by Crippen LogP contribution is -2.30. The van der Waals surface area contributed by atoms with E-state index in [0.29, 0.717) is 6.54 Å². The number of carbonyl (C=O) groups excluding carboxylic acids is 1. The van der Waals surface area contributed by atoms with Crippen LogP contribution in [0, 0.1) is 12.8 Å². The lowest BCUT2D eigenvalue weighted by atomic mass is 10.2. The number of nitrogens with one attached hydrogen (secondary N) is 2. The van der Waals surface area contributed by atoms with Gasteiger partial charge in [0.15, 0.2) is 0 Å². The minimum Gasteiger partial charge on any atom is -0.396 e. The van der Waals surface area contributed by atoms with Crippen LogP contribution in [-0.4, -0.2) is 34.4 Å². The zero-order chi connectivity index (χ0) is 11.3. The summed E-state index contributed by atoms with van der Waals surface area (Å²) < 4.78 is 0. The maximum atomic E-state index is 11.4. The maximum absolute atomic E-state index is 11.4. The van der Waals surface area contributed by atoms with E-state index >= 15 is 0 Å². The highest BCUT2D eigenvalue weighted by Gasteiger charge is 2.07. The summed E-state index contributed by atoms with van der Waals surface area (Å²) in [6, 6.07) is 1.84. The van der Waals surface area contributed by atoms with Crippen molar-refractivity contribution in [2.45, 2.75) is 20.3 Å². The summed E-state index contributed by atoms with van der Waals surface area (Å²) in [7, 11) is 0. The van der Waals surface area contributed by atoms with Crippen LogP contribution < -0.4 is 5.32 Å². The Kier molecular flexibility index (Phi) is 4.30. The Hall–Kier alpha value is -1.36. The molecular formula is C10H17N3O2. The van der Waals surface area contributed by atoms with E-state index in [-0.39, 0.29) is 24.9 Å². The zero-order valence-electron chi connectivity index (χ0n) is 9.08. The maximum Gasteiger partial charge on any atom is 0.226 e. The van der Waals surface area contributed by atoms with Gasteiger partial charge in [0.25, 0.3) is 0 Å². The van der Waals surface area contributed by atoms with Gasteiger partial charge >= 0.3 is 0 Å². The molecule has 5 heteroatoms. The average Bonchev–Trinajstić information content (AvgIpc) is 2.60. The van der Waals surface area contributed by atoms with Crippen LogP contribution in [-0.2, 0) is 11.2 Å². The van der Waals surface area contributed by atoms with Crippen LogP contribution in [0.3, 0.4) is 0 Å². The van der Waals surface area contributed by atoms with Crippen molar-refractivity contribution in [3.05, 3.63) is 17.5 Å². The van der Waals surface area contributed by atoms with Gasteiger partial charge in [-0.25, -0.2) is 0 Å². The van der Waals surface area contributed by atoms with Crippen LogP contribution in [0.2, 0.25) is 0 Å². The number of hydrogen-bond acceptors (Lipinski definition) is 3. The number of rotatable bonds is 5. The Labute approximate surface area is 88.9 Å². The molecule has 1 aromatic rings. The van der Waals surface area contributed by atoms with Crippen molar-refractivity contribution in [2.24, 2.45) is 5.92 Å². The van der Waals surface area contributed by atoms with Crippen molar-refractivity contribution >= 4 is 5.91 Å². The standard InChI is InChI=1S/C10H17N3O2/c1-7(6-14)5-11-10(15)4-9-3-8(2)12-13-9/h3,7,14H,4-6H2,1-2H3,(H,11,15)(H,12,13). The third-order valence-electron chi connectivity index (χ3n) is 2.06. The number of aromatic nitrogens is 2. The van der Waals surface area contributed by atoms with E-state index in [9.17, 15) is 4.79 Å². The summed E-state index contributed by atoms with van der Waals surface area (Å²) in [6.45, 7) is 4.35. The van der Waals surface area contributed by atoms with E-state index in [1.54, 1.807) is 0 Å². The van der Waals surface area contributed by atoms with Crippen molar-refractivity contribution < 1.29 is 9.90 Å². The molecule has 1 aromatic heterocycles. The number of amides is 1. The number of aliphatic hydroxyl groups excluding tert-OH is 1. The van der Waals surface area contributed by atoms with Gasteiger partial charge in [-0.15, -0.1) is 0 Å². The number of aromatic amines is 1. The number of aliphatic hydroxyl groups is 1. The molecule has 1 heterocycles. The molecule has 0 aliphatic carbocycles. The summed E-state index contributed by atoms with van der Waals surface area (Å²) in [5, 5.41) is 18.3. The highest BCUT2D eigenvalue weighted by atomic mass is 16.3. The number of nitrogens with zero attached hydrogens (tertiary/aromatic N) is 1. The Morgan fingerprint density at radius 2 is 2.47 bits per heavy atom. The first-order valence-electron chi connectivity index (χ1n) is 5.00. The summed E-state index contributed by atoms with van der Waals surface area (Å²) >= 11 is 0. The first kappa shape index (κ1) is 11.7. The van der Waals surface area contributed by atoms with E-state index in [4.69, 9.17) is 5.11 Å². The van der Waals surface area contributed by atoms with Gasteiger partial charge in [-0.05, 0) is 18.9 Å². The Bertz CT molecular complexity index is 322. The van der Waals surface area contributed by atoms with Crippen LogP contribution >= 0.6 is 0 Å². The number of H-pyrrole nitrogens is 1. The lowest BCUT2D eigenvalue weighted by Gasteiger charge is -2.08. The molecule has 0 aromatic carbocycles. The monoisotopic (exact) mass is 211 g/mol. The third kappa shape index (κ3) is 4.12. The molecule has 1 unspecified atom stereocenters. The molecule has 0 aliphatic heterocycles. The van der Waals surface area contributed by atoms with Crippen molar-refractivity contribution in [1.82, 2.24) is 15.5 Å². The second kappa shape index (κ2) is 5.50. The van der Waals surface area contributed by atoms with Crippen LogP contribution in [0.25, 0.3) is 0 Å². The van der Waals surface area contributed by atoms with Crippen LogP contribution in [0.5, 0.6) is 0 Å². The van der Waals surface area contributed by atoms with Gasteiger partial charge in [0, 0.05) is 18.8 Å². The second-order valence-electron chi connectivity index (χ2n) is 3.81. The number of aryl methyl sites for hydroxylation is 1. The zero-order valence-corrected chi connectivity index (χ0v) is 9.08. The van der Waals surface area contributed by atoms with Crippen molar-refractivity contribution in [1.29, 1.82) is 0 Å². The summed E-state index contributed by atoms with van der Waals surface area (Å²) in [5.74, 6) is 0.0247. The summed E-state index contributed by atoms with van der Waals surface area (Å²) in [5.41, 5.74) is 1.68. The van der Waals surface area contributed by atoms with E-state index in [1.165, 1.54) is 0 Å². The van der Waals surface area contributed by atoms with Gasteiger partial charge in [-0.2, -0.15) is 5.10 Å². The predicted octanol–water partition coefficient (Wildman–Crippen LogP) is 0.00522. The van der Waals surface area contributed by atoms with E-state index in [0.717, 1.165) is 11.4 Å². The fourth-order valence-corrected chi connectivity index (χ4v) is 1.14. The van der Waals surface area contributed by atoms with E-state index < -0.39 is 0 Å². The molecule has 0 fully saturated rings. The first-order valence-corrected chi connectivity index (χ1v) is 5.00. The van der Waals surface area contributed by atoms with Crippen molar-refractivity contribution in [3.63, 3.8) is 0 Å². The van der Waals surface area contributed by atoms with Gasteiger partial charge in [0.1, 0.15) is 0 Å². The molecule has 0 aliphatic rings. The minimum atomic E-state index is -0.0678. The molecule has 0 spiro atoms. The largest absolute Gasteiger partial charge is 0.396 e. The topological polar surface area (TPSA) is 78.0 Å². The summed E-state index contributed by atoms with van der Waals surface area (Å²) in [4.78, 5) is 11.4. The molecule has 1 rings (SSSR count). The van der Waals surface area contributed by atoms with Crippen LogP contribution in [0.4, 0.5) is 0 Å². The molecule has 1 atom stereocenters. The molecule has 0 saturated carbocycles. The van der Waals surface area contributed by atoms with E-state index in [1.807, 2.05) is 19.9 Å². The molecular weight excluding hydrogens is 194 g/mol. The molecule has 5 nitrogen and oxygen atoms in total. The van der Waals surface area contributed by atoms with Gasteiger partial charge in [0.05, 0.1) is 12.1 Å². The normalized spacial score (nSPS) is 12.5. The number of hydrogen-bond donors (Lipinski definition) is 3. The van der Waals surface area contributed by atoms with Gasteiger partial charge in [-0.1, -0.05) is 6.92 Å². The van der Waals surface area contributed by atoms with Crippen LogP contribution in [0.1, 0.15) is 18.3 Å². The highest BCUT2D eigenvalue weighted by Crippen LogP contribution is 1.98. The lowest BCUT2D eigenvalue weighted by molar-refractivity contribution is -0.120.